The smallest absolute Gasteiger partial charge is 0.137 e. The van der Waals surface area contributed by atoms with Crippen LogP contribution in [0.1, 0.15) is 31.7 Å². The molecule has 0 amide bonds. The molecule has 0 aliphatic carbocycles. The van der Waals surface area contributed by atoms with Gasteiger partial charge in [-0.3, -0.25) is 0 Å². The van der Waals surface area contributed by atoms with Crippen LogP contribution in [0.2, 0.25) is 0 Å². The molecule has 1 saturated heterocycles. The average Bonchev–Trinajstić information content (AvgIpc) is 2.39. The monoisotopic (exact) mass is 249 g/mol. The van der Waals surface area contributed by atoms with Crippen molar-refractivity contribution >= 4 is 0 Å². The van der Waals surface area contributed by atoms with E-state index in [4.69, 9.17) is 9.47 Å². The summed E-state index contributed by atoms with van der Waals surface area (Å²) in [4.78, 5) is 0. The summed E-state index contributed by atoms with van der Waals surface area (Å²) in [6.45, 7) is 5.87. The Kier molecular flexibility index (Phi) is 4.61. The van der Waals surface area contributed by atoms with Crippen LogP contribution in [0.15, 0.2) is 24.3 Å². The lowest BCUT2D eigenvalue weighted by molar-refractivity contribution is -0.0129. The van der Waals surface area contributed by atoms with Gasteiger partial charge in [0.2, 0.25) is 0 Å². The molecule has 1 aliphatic heterocycles. The topological polar surface area (TPSA) is 30.5 Å². The lowest BCUT2D eigenvalue weighted by Crippen LogP contribution is -2.48. The third-order valence-electron chi connectivity index (χ3n) is 3.49. The van der Waals surface area contributed by atoms with Crippen LogP contribution in [-0.4, -0.2) is 32.4 Å². The summed E-state index contributed by atoms with van der Waals surface area (Å²) < 4.78 is 11.6. The van der Waals surface area contributed by atoms with Crippen LogP contribution in [0.4, 0.5) is 0 Å². The van der Waals surface area contributed by atoms with E-state index in [0.29, 0.717) is 18.6 Å². The first kappa shape index (κ1) is 13.4. The predicted octanol–water partition coefficient (Wildman–Crippen LogP) is 2.57. The summed E-state index contributed by atoms with van der Waals surface area (Å²) in [5.74, 6) is 1.47. The van der Waals surface area contributed by atoms with Crippen LogP contribution < -0.4 is 10.1 Å². The summed E-state index contributed by atoms with van der Waals surface area (Å²) in [6.07, 6.45) is 1.11. The number of hydrogen-bond donors (Lipinski definition) is 1. The van der Waals surface area contributed by atoms with E-state index in [1.807, 2.05) is 13.1 Å². The van der Waals surface area contributed by atoms with Crippen molar-refractivity contribution in [1.29, 1.82) is 0 Å². The Labute approximate surface area is 109 Å². The van der Waals surface area contributed by atoms with Gasteiger partial charge in [0.1, 0.15) is 11.9 Å². The van der Waals surface area contributed by atoms with Crippen LogP contribution >= 0.6 is 0 Å². The second-order valence-electron chi connectivity index (χ2n) is 5.14. The third-order valence-corrected chi connectivity index (χ3v) is 3.49. The van der Waals surface area contributed by atoms with Crippen molar-refractivity contribution in [1.82, 2.24) is 5.32 Å². The second kappa shape index (κ2) is 6.21. The fourth-order valence-electron chi connectivity index (χ4n) is 2.28. The minimum Gasteiger partial charge on any atom is -0.486 e. The Hall–Kier alpha value is -1.06. The molecule has 3 nitrogen and oxygen atoms in total. The molecule has 1 aromatic carbocycles. The second-order valence-corrected chi connectivity index (χ2v) is 5.14. The van der Waals surface area contributed by atoms with Gasteiger partial charge in [0.25, 0.3) is 0 Å². The number of hydrogen-bond acceptors (Lipinski definition) is 3. The Morgan fingerprint density at radius 3 is 2.94 bits per heavy atom. The van der Waals surface area contributed by atoms with Crippen molar-refractivity contribution in [2.24, 2.45) is 0 Å². The van der Waals surface area contributed by atoms with E-state index in [2.05, 4.69) is 37.4 Å². The van der Waals surface area contributed by atoms with Crippen LogP contribution in [-0.2, 0) is 4.74 Å². The van der Waals surface area contributed by atoms with Gasteiger partial charge in [0.05, 0.1) is 6.61 Å². The maximum atomic E-state index is 6.06. The Morgan fingerprint density at radius 2 is 2.22 bits per heavy atom. The van der Waals surface area contributed by atoms with Crippen LogP contribution in [0, 0.1) is 0 Å². The standard InChI is InChI=1S/C15H23NO2/c1-11(2)12-5-4-6-13(9-12)18-15-10-17-8-7-14(15)16-3/h4-6,9,11,14-16H,7-8,10H2,1-3H3. The fraction of sp³-hybridized carbons (Fsp3) is 0.600. The largest absolute Gasteiger partial charge is 0.486 e. The molecule has 1 N–H and O–H groups in total. The van der Waals surface area contributed by atoms with Gasteiger partial charge in [-0.1, -0.05) is 26.0 Å². The van der Waals surface area contributed by atoms with E-state index in [1.165, 1.54) is 5.56 Å². The molecule has 100 valence electrons. The van der Waals surface area contributed by atoms with Gasteiger partial charge in [-0.15, -0.1) is 0 Å². The number of likely N-dealkylation sites (N-methyl/N-ethyl adjacent to an activating group) is 1. The summed E-state index contributed by atoms with van der Waals surface area (Å²) in [7, 11) is 1.98. The number of nitrogens with one attached hydrogen (secondary N) is 1. The lowest BCUT2D eigenvalue weighted by Gasteiger charge is -2.31. The SMILES string of the molecule is CNC1CCOCC1Oc1cccc(C(C)C)c1. The van der Waals surface area contributed by atoms with E-state index in [1.54, 1.807) is 0 Å². The normalized spacial score (nSPS) is 24.2. The van der Waals surface area contributed by atoms with Crippen LogP contribution in [0.25, 0.3) is 0 Å². The van der Waals surface area contributed by atoms with Gasteiger partial charge in [0.15, 0.2) is 0 Å². The molecule has 2 unspecified atom stereocenters. The molecule has 2 rings (SSSR count). The highest BCUT2D eigenvalue weighted by molar-refractivity contribution is 5.30. The molecule has 1 heterocycles. The summed E-state index contributed by atoms with van der Waals surface area (Å²) in [5.41, 5.74) is 1.31. The average molecular weight is 249 g/mol. The zero-order valence-corrected chi connectivity index (χ0v) is 11.5. The highest BCUT2D eigenvalue weighted by Gasteiger charge is 2.26. The third kappa shape index (κ3) is 3.24. The minimum atomic E-state index is 0.103. The molecule has 0 bridgehead atoms. The highest BCUT2D eigenvalue weighted by atomic mass is 16.5. The highest BCUT2D eigenvalue weighted by Crippen LogP contribution is 2.22. The number of rotatable bonds is 4. The van der Waals surface area contributed by atoms with E-state index >= 15 is 0 Å². The maximum Gasteiger partial charge on any atom is 0.137 e. The quantitative estimate of drug-likeness (QED) is 0.889. The Balaban J connectivity index is 2.05. The number of ether oxygens (including phenoxy) is 2. The molecule has 1 aliphatic rings. The first-order chi connectivity index (χ1) is 8.70. The van der Waals surface area contributed by atoms with E-state index < -0.39 is 0 Å². The molecule has 0 radical (unpaired) electrons. The predicted molar refractivity (Wildman–Crippen MR) is 73.2 cm³/mol. The van der Waals surface area contributed by atoms with Crippen molar-refractivity contribution in [3.05, 3.63) is 29.8 Å². The van der Waals surface area contributed by atoms with E-state index in [9.17, 15) is 0 Å². The molecule has 0 spiro atoms. The van der Waals surface area contributed by atoms with Crippen molar-refractivity contribution in [2.45, 2.75) is 38.3 Å². The molecular formula is C15H23NO2. The zero-order chi connectivity index (χ0) is 13.0. The van der Waals surface area contributed by atoms with Gasteiger partial charge in [-0.25, -0.2) is 0 Å². The van der Waals surface area contributed by atoms with Crippen LogP contribution in [0.5, 0.6) is 5.75 Å². The van der Waals surface area contributed by atoms with Crippen molar-refractivity contribution in [3.8, 4) is 5.75 Å². The molecule has 0 saturated carbocycles. The molecule has 1 aromatic rings. The molecule has 0 aromatic heterocycles. The fourth-order valence-corrected chi connectivity index (χ4v) is 2.28. The van der Waals surface area contributed by atoms with E-state index in [-0.39, 0.29) is 6.10 Å². The van der Waals surface area contributed by atoms with Gasteiger partial charge < -0.3 is 14.8 Å². The zero-order valence-electron chi connectivity index (χ0n) is 11.5. The summed E-state index contributed by atoms with van der Waals surface area (Å²) in [5, 5.41) is 3.31. The summed E-state index contributed by atoms with van der Waals surface area (Å²) >= 11 is 0. The number of benzene rings is 1. The maximum absolute atomic E-state index is 6.06. The molecule has 3 heteroatoms. The lowest BCUT2D eigenvalue weighted by atomic mass is 10.0. The summed E-state index contributed by atoms with van der Waals surface area (Å²) in [6, 6.07) is 8.73. The van der Waals surface area contributed by atoms with Gasteiger partial charge in [-0.05, 0) is 37.1 Å². The molecule has 18 heavy (non-hydrogen) atoms. The first-order valence-electron chi connectivity index (χ1n) is 6.72. The van der Waals surface area contributed by atoms with Gasteiger partial charge in [0, 0.05) is 12.6 Å². The van der Waals surface area contributed by atoms with E-state index in [0.717, 1.165) is 18.8 Å². The van der Waals surface area contributed by atoms with Crippen molar-refractivity contribution < 1.29 is 9.47 Å². The Bertz CT molecular complexity index is 379. The van der Waals surface area contributed by atoms with Gasteiger partial charge in [-0.2, -0.15) is 0 Å². The van der Waals surface area contributed by atoms with Crippen molar-refractivity contribution in [3.63, 3.8) is 0 Å². The van der Waals surface area contributed by atoms with Gasteiger partial charge >= 0.3 is 0 Å². The molecular weight excluding hydrogens is 226 g/mol. The molecule has 1 fully saturated rings. The molecule has 2 atom stereocenters. The van der Waals surface area contributed by atoms with Crippen LogP contribution in [0.3, 0.4) is 0 Å². The minimum absolute atomic E-state index is 0.103. The first-order valence-corrected chi connectivity index (χ1v) is 6.72. The Morgan fingerprint density at radius 1 is 1.39 bits per heavy atom. The van der Waals surface area contributed by atoms with Crippen molar-refractivity contribution in [2.75, 3.05) is 20.3 Å².